The molecule has 4 heteroatoms. The summed E-state index contributed by atoms with van der Waals surface area (Å²) in [5.41, 5.74) is 2.02. The molecule has 1 saturated heterocycles. The summed E-state index contributed by atoms with van der Waals surface area (Å²) in [6.07, 6.45) is -0.610. The van der Waals surface area contributed by atoms with E-state index in [0.29, 0.717) is 6.61 Å². The van der Waals surface area contributed by atoms with Crippen molar-refractivity contribution in [3.63, 3.8) is 0 Å². The Morgan fingerprint density at radius 2 is 2.24 bits per heavy atom. The third-order valence-electron chi connectivity index (χ3n) is 2.76. The van der Waals surface area contributed by atoms with Gasteiger partial charge in [-0.15, -0.1) is 0 Å². The van der Waals surface area contributed by atoms with Crippen molar-refractivity contribution in [2.24, 2.45) is 0 Å². The average Bonchev–Trinajstić information content (AvgIpc) is 3.09. The van der Waals surface area contributed by atoms with E-state index in [1.807, 2.05) is 25.1 Å². The van der Waals surface area contributed by atoms with E-state index in [1.54, 1.807) is 14.0 Å². The zero-order chi connectivity index (χ0) is 12.4. The number of carbonyl (C=O) groups excluding carboxylic acids is 1. The van der Waals surface area contributed by atoms with Crippen LogP contribution in [0.15, 0.2) is 18.2 Å². The predicted molar refractivity (Wildman–Crippen MR) is 62.0 cm³/mol. The van der Waals surface area contributed by atoms with Crippen molar-refractivity contribution in [1.29, 1.82) is 0 Å². The van der Waals surface area contributed by atoms with Gasteiger partial charge in [0.1, 0.15) is 11.9 Å². The minimum Gasteiger partial charge on any atom is -0.496 e. The Morgan fingerprint density at radius 1 is 1.47 bits per heavy atom. The fourth-order valence-electron chi connectivity index (χ4n) is 1.85. The molecule has 0 saturated carbocycles. The number of epoxide rings is 1. The summed E-state index contributed by atoms with van der Waals surface area (Å²) in [4.78, 5) is 11.4. The Hall–Kier alpha value is -1.55. The van der Waals surface area contributed by atoms with Gasteiger partial charge in [-0.25, -0.2) is 4.79 Å². The molecule has 1 fully saturated rings. The summed E-state index contributed by atoms with van der Waals surface area (Å²) in [6.45, 7) is 4.13. The number of carbonyl (C=O) groups is 1. The number of rotatable bonds is 4. The van der Waals surface area contributed by atoms with Gasteiger partial charge in [0.2, 0.25) is 0 Å². The van der Waals surface area contributed by atoms with Crippen molar-refractivity contribution >= 4 is 5.97 Å². The largest absolute Gasteiger partial charge is 0.496 e. The summed E-state index contributed by atoms with van der Waals surface area (Å²) in [5, 5.41) is 0. The van der Waals surface area contributed by atoms with Gasteiger partial charge in [0.05, 0.1) is 13.7 Å². The van der Waals surface area contributed by atoms with E-state index in [1.165, 1.54) is 0 Å². The highest BCUT2D eigenvalue weighted by molar-refractivity contribution is 5.78. The van der Waals surface area contributed by atoms with E-state index in [0.717, 1.165) is 16.9 Å². The second-order valence-corrected chi connectivity index (χ2v) is 3.96. The molecular formula is C13H16O4. The van der Waals surface area contributed by atoms with E-state index >= 15 is 0 Å². The van der Waals surface area contributed by atoms with Crippen molar-refractivity contribution in [2.75, 3.05) is 13.7 Å². The maximum absolute atomic E-state index is 11.4. The molecule has 92 valence electrons. The number of hydrogen-bond acceptors (Lipinski definition) is 4. The van der Waals surface area contributed by atoms with Crippen LogP contribution in [0.4, 0.5) is 0 Å². The first kappa shape index (κ1) is 11.9. The van der Waals surface area contributed by atoms with E-state index in [9.17, 15) is 4.79 Å². The highest BCUT2D eigenvalue weighted by Crippen LogP contribution is 2.40. The standard InChI is InChI=1S/C13H16O4/c1-4-16-13(14)12-11(17-12)9-5-6-10(15-3)8(2)7-9/h5-7,11-12H,4H2,1-3H3. The van der Waals surface area contributed by atoms with Gasteiger partial charge in [-0.05, 0) is 37.1 Å². The molecule has 0 aromatic heterocycles. The Labute approximate surface area is 100 Å². The molecule has 1 aromatic rings. The van der Waals surface area contributed by atoms with Crippen molar-refractivity contribution in [2.45, 2.75) is 26.1 Å². The second kappa shape index (κ2) is 4.75. The van der Waals surface area contributed by atoms with Gasteiger partial charge < -0.3 is 14.2 Å². The molecule has 1 aliphatic rings. The zero-order valence-corrected chi connectivity index (χ0v) is 10.2. The highest BCUT2D eigenvalue weighted by atomic mass is 16.6. The molecule has 0 radical (unpaired) electrons. The Balaban J connectivity index is 2.06. The van der Waals surface area contributed by atoms with Crippen LogP contribution in [0.1, 0.15) is 24.2 Å². The smallest absolute Gasteiger partial charge is 0.338 e. The molecule has 17 heavy (non-hydrogen) atoms. The van der Waals surface area contributed by atoms with E-state index in [4.69, 9.17) is 14.2 Å². The van der Waals surface area contributed by atoms with Crippen LogP contribution in [-0.4, -0.2) is 25.8 Å². The van der Waals surface area contributed by atoms with Gasteiger partial charge in [-0.2, -0.15) is 0 Å². The quantitative estimate of drug-likeness (QED) is 0.592. The van der Waals surface area contributed by atoms with E-state index < -0.39 is 6.10 Å². The minimum atomic E-state index is -0.442. The van der Waals surface area contributed by atoms with Crippen LogP contribution in [0, 0.1) is 6.92 Å². The molecular weight excluding hydrogens is 220 g/mol. The number of esters is 1. The Kier molecular flexibility index (Phi) is 3.33. The third-order valence-corrected chi connectivity index (χ3v) is 2.76. The second-order valence-electron chi connectivity index (χ2n) is 3.96. The normalized spacial score (nSPS) is 22.1. The van der Waals surface area contributed by atoms with Crippen molar-refractivity contribution in [3.8, 4) is 5.75 Å². The van der Waals surface area contributed by atoms with Crippen molar-refractivity contribution < 1.29 is 19.0 Å². The summed E-state index contributed by atoms with van der Waals surface area (Å²) in [7, 11) is 1.64. The first-order valence-corrected chi connectivity index (χ1v) is 5.64. The Morgan fingerprint density at radius 3 is 2.82 bits per heavy atom. The van der Waals surface area contributed by atoms with Crippen LogP contribution in [0.2, 0.25) is 0 Å². The van der Waals surface area contributed by atoms with Crippen molar-refractivity contribution in [1.82, 2.24) is 0 Å². The average molecular weight is 236 g/mol. The summed E-state index contributed by atoms with van der Waals surface area (Å²) in [5.74, 6) is 0.549. The fraction of sp³-hybridized carbons (Fsp3) is 0.462. The van der Waals surface area contributed by atoms with Gasteiger partial charge >= 0.3 is 5.97 Å². The zero-order valence-electron chi connectivity index (χ0n) is 10.2. The highest BCUT2D eigenvalue weighted by Gasteiger charge is 2.47. The van der Waals surface area contributed by atoms with Gasteiger partial charge in [0.25, 0.3) is 0 Å². The molecule has 2 atom stereocenters. The fourth-order valence-corrected chi connectivity index (χ4v) is 1.85. The number of hydrogen-bond donors (Lipinski definition) is 0. The monoisotopic (exact) mass is 236 g/mol. The Bertz CT molecular complexity index is 427. The maximum atomic E-state index is 11.4. The van der Waals surface area contributed by atoms with Crippen LogP contribution in [-0.2, 0) is 14.3 Å². The number of benzene rings is 1. The molecule has 0 amide bonds. The summed E-state index contributed by atoms with van der Waals surface area (Å²) < 4.78 is 15.4. The number of aryl methyl sites for hydroxylation is 1. The van der Waals surface area contributed by atoms with E-state index in [2.05, 4.69) is 0 Å². The SMILES string of the molecule is CCOC(=O)C1OC1c1ccc(OC)c(C)c1. The molecule has 1 aliphatic heterocycles. The molecule has 1 heterocycles. The molecule has 0 N–H and O–H groups in total. The van der Waals surface area contributed by atoms with Crippen LogP contribution < -0.4 is 4.74 Å². The van der Waals surface area contributed by atoms with Gasteiger partial charge in [0, 0.05) is 0 Å². The molecule has 1 aromatic carbocycles. The minimum absolute atomic E-state index is 0.168. The maximum Gasteiger partial charge on any atom is 0.338 e. The molecule has 0 bridgehead atoms. The molecule has 0 aliphatic carbocycles. The van der Waals surface area contributed by atoms with Gasteiger partial charge in [-0.3, -0.25) is 0 Å². The lowest BCUT2D eigenvalue weighted by atomic mass is 10.1. The molecule has 0 spiro atoms. The van der Waals surface area contributed by atoms with Crippen LogP contribution in [0.3, 0.4) is 0 Å². The van der Waals surface area contributed by atoms with Gasteiger partial charge in [0.15, 0.2) is 6.10 Å². The lowest BCUT2D eigenvalue weighted by Gasteiger charge is -2.05. The van der Waals surface area contributed by atoms with Crippen LogP contribution in [0.5, 0.6) is 5.75 Å². The topological polar surface area (TPSA) is 48.1 Å². The van der Waals surface area contributed by atoms with Crippen molar-refractivity contribution in [3.05, 3.63) is 29.3 Å². The molecule has 2 rings (SSSR count). The van der Waals surface area contributed by atoms with Gasteiger partial charge in [-0.1, -0.05) is 6.07 Å². The lowest BCUT2D eigenvalue weighted by molar-refractivity contribution is -0.144. The predicted octanol–water partition coefficient (Wildman–Crippen LogP) is 2.01. The third kappa shape index (κ3) is 2.42. The number of methoxy groups -OCH3 is 1. The van der Waals surface area contributed by atoms with E-state index in [-0.39, 0.29) is 12.1 Å². The molecule has 4 nitrogen and oxygen atoms in total. The first-order valence-electron chi connectivity index (χ1n) is 5.64. The lowest BCUT2D eigenvalue weighted by Crippen LogP contribution is -2.11. The molecule has 2 unspecified atom stereocenters. The summed E-state index contributed by atoms with van der Waals surface area (Å²) >= 11 is 0. The first-order chi connectivity index (χ1) is 8.17. The number of ether oxygens (including phenoxy) is 3. The van der Waals surface area contributed by atoms with Crippen LogP contribution >= 0.6 is 0 Å². The van der Waals surface area contributed by atoms with Crippen LogP contribution in [0.25, 0.3) is 0 Å². The summed E-state index contributed by atoms with van der Waals surface area (Å²) in [6, 6.07) is 5.77.